The van der Waals surface area contributed by atoms with Crippen molar-refractivity contribution in [3.63, 3.8) is 0 Å². The van der Waals surface area contributed by atoms with Crippen LogP contribution < -0.4 is 16.2 Å². The Morgan fingerprint density at radius 2 is 1.75 bits per heavy atom. The highest BCUT2D eigenvalue weighted by atomic mass is 16.2. The lowest BCUT2D eigenvalue weighted by Crippen LogP contribution is -2.34. The van der Waals surface area contributed by atoms with Gasteiger partial charge in [-0.1, -0.05) is 26.0 Å². The monoisotopic (exact) mass is 381 g/mol. The van der Waals surface area contributed by atoms with Crippen LogP contribution in [0.2, 0.25) is 0 Å². The molecule has 1 aliphatic rings. The van der Waals surface area contributed by atoms with Gasteiger partial charge in [0, 0.05) is 36.8 Å². The van der Waals surface area contributed by atoms with Crippen LogP contribution in [0, 0.1) is 5.41 Å². The minimum absolute atomic E-state index is 0.0682. The normalized spacial score (nSPS) is 14.9. The van der Waals surface area contributed by atoms with Crippen LogP contribution >= 0.6 is 0 Å². The number of nitrogens with one attached hydrogen (secondary N) is 3. The molecule has 1 heterocycles. The van der Waals surface area contributed by atoms with E-state index in [1.165, 1.54) is 6.07 Å². The molecule has 0 aliphatic heterocycles. The number of hydrogen-bond donors (Lipinski definition) is 3. The predicted octanol–water partition coefficient (Wildman–Crippen LogP) is 1.82. The van der Waals surface area contributed by atoms with Crippen molar-refractivity contribution in [2.45, 2.75) is 33.2 Å². The van der Waals surface area contributed by atoms with E-state index in [1.807, 2.05) is 13.8 Å². The summed E-state index contributed by atoms with van der Waals surface area (Å²) in [5, 5.41) is 5.22. The second-order valence-electron chi connectivity index (χ2n) is 7.80. The lowest BCUT2D eigenvalue weighted by Gasteiger charge is -2.29. The van der Waals surface area contributed by atoms with Crippen molar-refractivity contribution in [3.05, 3.63) is 68.6 Å². The molecular formula is C21H23N3O4. The average molecular weight is 381 g/mol. The van der Waals surface area contributed by atoms with Gasteiger partial charge in [-0.3, -0.25) is 19.2 Å². The summed E-state index contributed by atoms with van der Waals surface area (Å²) in [7, 11) is 1.55. The molecule has 3 N–H and O–H groups in total. The van der Waals surface area contributed by atoms with Crippen LogP contribution in [-0.2, 0) is 13.0 Å². The SMILES string of the molecule is CNC(=O)c1ccc(CNC(=O)c2cc3c([nH]c2=O)CC(C)(C)CC3=O)cc1. The molecule has 7 nitrogen and oxygen atoms in total. The van der Waals surface area contributed by atoms with Crippen molar-refractivity contribution in [1.29, 1.82) is 0 Å². The van der Waals surface area contributed by atoms with E-state index >= 15 is 0 Å². The Balaban J connectivity index is 1.75. The lowest BCUT2D eigenvalue weighted by atomic mass is 9.75. The number of carbonyl (C=O) groups is 3. The molecule has 0 radical (unpaired) electrons. The maximum absolute atomic E-state index is 12.5. The fourth-order valence-corrected chi connectivity index (χ4v) is 3.39. The number of rotatable bonds is 4. The fraction of sp³-hybridized carbons (Fsp3) is 0.333. The second kappa shape index (κ2) is 7.42. The third-order valence-corrected chi connectivity index (χ3v) is 4.86. The van der Waals surface area contributed by atoms with Gasteiger partial charge in [0.05, 0.1) is 0 Å². The minimum atomic E-state index is -0.544. The van der Waals surface area contributed by atoms with Crippen LogP contribution in [0.25, 0.3) is 0 Å². The topological polar surface area (TPSA) is 108 Å². The summed E-state index contributed by atoms with van der Waals surface area (Å²) in [4.78, 5) is 51.5. The van der Waals surface area contributed by atoms with Gasteiger partial charge in [0.2, 0.25) is 0 Å². The number of pyridine rings is 1. The second-order valence-corrected chi connectivity index (χ2v) is 7.80. The van der Waals surface area contributed by atoms with E-state index in [1.54, 1.807) is 31.3 Å². The molecule has 1 aromatic carbocycles. The first-order chi connectivity index (χ1) is 13.2. The van der Waals surface area contributed by atoms with Gasteiger partial charge in [-0.05, 0) is 35.6 Å². The van der Waals surface area contributed by atoms with Gasteiger partial charge < -0.3 is 15.6 Å². The molecule has 2 amide bonds. The van der Waals surface area contributed by atoms with Crippen LogP contribution in [-0.4, -0.2) is 29.6 Å². The maximum atomic E-state index is 12.5. The molecular weight excluding hydrogens is 358 g/mol. The number of amides is 2. The van der Waals surface area contributed by atoms with Gasteiger partial charge in [-0.2, -0.15) is 0 Å². The molecule has 0 bridgehead atoms. The summed E-state index contributed by atoms with van der Waals surface area (Å²) >= 11 is 0. The van der Waals surface area contributed by atoms with Crippen LogP contribution in [0.1, 0.15) is 62.6 Å². The van der Waals surface area contributed by atoms with E-state index in [4.69, 9.17) is 0 Å². The van der Waals surface area contributed by atoms with Crippen LogP contribution in [0.5, 0.6) is 0 Å². The molecule has 28 heavy (non-hydrogen) atoms. The number of carbonyl (C=O) groups excluding carboxylic acids is 3. The van der Waals surface area contributed by atoms with Crippen molar-refractivity contribution >= 4 is 17.6 Å². The van der Waals surface area contributed by atoms with E-state index < -0.39 is 11.5 Å². The lowest BCUT2D eigenvalue weighted by molar-refractivity contribution is 0.0908. The summed E-state index contributed by atoms with van der Waals surface area (Å²) in [6.07, 6.45) is 0.966. The molecule has 0 atom stereocenters. The average Bonchev–Trinajstić information content (AvgIpc) is 2.64. The highest BCUT2D eigenvalue weighted by Gasteiger charge is 2.32. The Morgan fingerprint density at radius 3 is 2.39 bits per heavy atom. The van der Waals surface area contributed by atoms with Crippen LogP contribution in [0.3, 0.4) is 0 Å². The number of Topliss-reactive ketones (excluding diaryl/α,β-unsaturated/α-hetero) is 1. The Bertz CT molecular complexity index is 1000. The van der Waals surface area contributed by atoms with Crippen molar-refractivity contribution in [1.82, 2.24) is 15.6 Å². The largest absolute Gasteiger partial charge is 0.355 e. The highest BCUT2D eigenvalue weighted by Crippen LogP contribution is 2.33. The summed E-state index contributed by atoms with van der Waals surface area (Å²) in [6, 6.07) is 8.18. The Labute approximate surface area is 162 Å². The van der Waals surface area contributed by atoms with Crippen LogP contribution in [0.15, 0.2) is 35.1 Å². The maximum Gasteiger partial charge on any atom is 0.261 e. The third kappa shape index (κ3) is 4.03. The van der Waals surface area contributed by atoms with Gasteiger partial charge >= 0.3 is 0 Å². The van der Waals surface area contributed by atoms with Gasteiger partial charge in [0.25, 0.3) is 17.4 Å². The zero-order valence-corrected chi connectivity index (χ0v) is 16.1. The molecule has 146 valence electrons. The number of aromatic nitrogens is 1. The van der Waals surface area contributed by atoms with Crippen molar-refractivity contribution in [2.24, 2.45) is 5.41 Å². The van der Waals surface area contributed by atoms with Crippen LogP contribution in [0.4, 0.5) is 0 Å². The van der Waals surface area contributed by atoms with Crippen molar-refractivity contribution in [2.75, 3.05) is 7.05 Å². The zero-order valence-electron chi connectivity index (χ0n) is 16.1. The fourth-order valence-electron chi connectivity index (χ4n) is 3.39. The first-order valence-corrected chi connectivity index (χ1v) is 9.09. The zero-order chi connectivity index (χ0) is 20.5. The third-order valence-electron chi connectivity index (χ3n) is 4.86. The Hall–Kier alpha value is -3.22. The summed E-state index contributed by atoms with van der Waals surface area (Å²) < 4.78 is 0. The molecule has 7 heteroatoms. The standard InChI is InChI=1S/C21H23N3O4/c1-21(2)9-16-14(17(25)10-21)8-15(20(28)24-16)19(27)23-11-12-4-6-13(7-5-12)18(26)22-3/h4-8H,9-11H2,1-3H3,(H,22,26)(H,23,27)(H,24,28). The summed E-state index contributed by atoms with van der Waals surface area (Å²) in [6.45, 7) is 4.15. The van der Waals surface area contributed by atoms with E-state index in [9.17, 15) is 19.2 Å². The Kier molecular flexibility index (Phi) is 5.18. The van der Waals surface area contributed by atoms with Gasteiger partial charge in [-0.15, -0.1) is 0 Å². The molecule has 1 aliphatic carbocycles. The number of hydrogen-bond acceptors (Lipinski definition) is 4. The molecule has 0 fully saturated rings. The quantitative estimate of drug-likeness (QED) is 0.751. The first-order valence-electron chi connectivity index (χ1n) is 9.09. The molecule has 1 aromatic heterocycles. The van der Waals surface area contributed by atoms with Gasteiger partial charge in [-0.25, -0.2) is 0 Å². The van der Waals surface area contributed by atoms with E-state index in [0.717, 1.165) is 5.56 Å². The molecule has 0 spiro atoms. The van der Waals surface area contributed by atoms with E-state index in [-0.39, 0.29) is 29.2 Å². The van der Waals surface area contributed by atoms with Gasteiger partial charge in [0.15, 0.2) is 5.78 Å². The number of aromatic amines is 1. The van der Waals surface area contributed by atoms with Crippen molar-refractivity contribution in [3.8, 4) is 0 Å². The molecule has 2 aromatic rings. The first kappa shape index (κ1) is 19.5. The van der Waals surface area contributed by atoms with Crippen molar-refractivity contribution < 1.29 is 14.4 Å². The molecule has 0 saturated carbocycles. The number of ketones is 1. The van der Waals surface area contributed by atoms with E-state index in [0.29, 0.717) is 29.7 Å². The summed E-state index contributed by atoms with van der Waals surface area (Å²) in [5.41, 5.74) is 1.52. The predicted molar refractivity (Wildman–Crippen MR) is 104 cm³/mol. The minimum Gasteiger partial charge on any atom is -0.355 e. The number of fused-ring (bicyclic) bond motifs is 1. The Morgan fingerprint density at radius 1 is 1.07 bits per heavy atom. The molecule has 0 saturated heterocycles. The number of benzene rings is 1. The summed E-state index contributed by atoms with van der Waals surface area (Å²) in [5.74, 6) is -0.803. The van der Waals surface area contributed by atoms with Gasteiger partial charge in [0.1, 0.15) is 5.56 Å². The smallest absolute Gasteiger partial charge is 0.261 e. The highest BCUT2D eigenvalue weighted by molar-refractivity contribution is 6.02. The molecule has 3 rings (SSSR count). The van der Waals surface area contributed by atoms with E-state index in [2.05, 4.69) is 15.6 Å². The number of H-pyrrole nitrogens is 1. The molecule has 0 unspecified atom stereocenters.